The van der Waals surface area contributed by atoms with Crippen LogP contribution in [-0.4, -0.2) is 37.9 Å². The average molecular weight is 465 g/mol. The molecular formula is C20H22Cl2N6O3. The number of aryl methyl sites for hydroxylation is 1. The number of aromatic nitrogens is 4. The van der Waals surface area contributed by atoms with Crippen LogP contribution in [0.5, 0.6) is 5.75 Å². The van der Waals surface area contributed by atoms with E-state index in [9.17, 15) is 9.59 Å². The van der Waals surface area contributed by atoms with Gasteiger partial charge in [-0.05, 0) is 37.6 Å². The lowest BCUT2D eigenvalue weighted by Crippen LogP contribution is -2.26. The summed E-state index contributed by atoms with van der Waals surface area (Å²) in [7, 11) is 0. The maximum Gasteiger partial charge on any atom is 0.276 e. The highest BCUT2D eigenvalue weighted by atomic mass is 35.5. The van der Waals surface area contributed by atoms with Gasteiger partial charge < -0.3 is 15.4 Å². The van der Waals surface area contributed by atoms with Gasteiger partial charge in [0.15, 0.2) is 18.1 Å². The number of hydrogen-bond acceptors (Lipinski definition) is 5. The van der Waals surface area contributed by atoms with Gasteiger partial charge >= 0.3 is 0 Å². The number of benzene rings is 1. The minimum atomic E-state index is -0.469. The third-order valence-electron chi connectivity index (χ3n) is 4.20. The van der Waals surface area contributed by atoms with Crippen molar-refractivity contribution in [2.45, 2.75) is 33.5 Å². The fourth-order valence-corrected chi connectivity index (χ4v) is 3.10. The van der Waals surface area contributed by atoms with Crippen LogP contribution in [0, 0.1) is 0 Å². The fourth-order valence-electron chi connectivity index (χ4n) is 2.63. The SMILES string of the molecule is CCCNC(=O)c1nn(CC)cc1NC(=O)c1ccn(COc2ccc(Cl)cc2Cl)n1. The summed E-state index contributed by atoms with van der Waals surface area (Å²) < 4.78 is 8.64. The van der Waals surface area contributed by atoms with Gasteiger partial charge in [0.2, 0.25) is 0 Å². The van der Waals surface area contributed by atoms with Gasteiger partial charge in [0.1, 0.15) is 5.75 Å². The molecule has 0 saturated heterocycles. The van der Waals surface area contributed by atoms with E-state index in [2.05, 4.69) is 20.8 Å². The average Bonchev–Trinajstić information content (AvgIpc) is 3.38. The van der Waals surface area contributed by atoms with Crippen molar-refractivity contribution >= 4 is 40.7 Å². The third-order valence-corrected chi connectivity index (χ3v) is 4.73. The van der Waals surface area contributed by atoms with Crippen LogP contribution >= 0.6 is 23.2 Å². The first-order chi connectivity index (χ1) is 14.9. The predicted molar refractivity (Wildman–Crippen MR) is 118 cm³/mol. The summed E-state index contributed by atoms with van der Waals surface area (Å²) in [5.74, 6) is -0.367. The van der Waals surface area contributed by atoms with E-state index in [-0.39, 0.29) is 24.0 Å². The van der Waals surface area contributed by atoms with Gasteiger partial charge in [-0.3, -0.25) is 14.3 Å². The number of anilines is 1. The lowest BCUT2D eigenvalue weighted by atomic mass is 10.3. The summed E-state index contributed by atoms with van der Waals surface area (Å²) in [5, 5.41) is 14.8. The van der Waals surface area contributed by atoms with Crippen molar-refractivity contribution in [2.75, 3.05) is 11.9 Å². The molecule has 2 amide bonds. The van der Waals surface area contributed by atoms with E-state index in [4.69, 9.17) is 27.9 Å². The number of carbonyl (C=O) groups excluding carboxylic acids is 2. The molecule has 0 saturated carbocycles. The van der Waals surface area contributed by atoms with Crippen molar-refractivity contribution in [3.8, 4) is 5.75 Å². The number of ether oxygens (including phenoxy) is 1. The normalized spacial score (nSPS) is 10.7. The Bertz CT molecular complexity index is 1080. The van der Waals surface area contributed by atoms with Crippen LogP contribution in [0.2, 0.25) is 10.0 Å². The molecule has 0 unspecified atom stereocenters. The maximum atomic E-state index is 12.6. The first-order valence-electron chi connectivity index (χ1n) is 9.69. The molecule has 2 aromatic heterocycles. The van der Waals surface area contributed by atoms with Crippen molar-refractivity contribution in [1.82, 2.24) is 24.9 Å². The van der Waals surface area contributed by atoms with E-state index in [1.165, 1.54) is 4.68 Å². The minimum absolute atomic E-state index is 0.0487. The monoisotopic (exact) mass is 464 g/mol. The first kappa shape index (κ1) is 22.6. The summed E-state index contributed by atoms with van der Waals surface area (Å²) in [6.45, 7) is 4.97. The number of amides is 2. The van der Waals surface area contributed by atoms with Gasteiger partial charge in [0.05, 0.1) is 10.7 Å². The molecule has 11 heteroatoms. The number of nitrogens with one attached hydrogen (secondary N) is 2. The fraction of sp³-hybridized carbons (Fsp3) is 0.300. The van der Waals surface area contributed by atoms with Crippen LogP contribution in [0.1, 0.15) is 41.2 Å². The maximum absolute atomic E-state index is 12.6. The highest BCUT2D eigenvalue weighted by Crippen LogP contribution is 2.27. The van der Waals surface area contributed by atoms with Crippen molar-refractivity contribution < 1.29 is 14.3 Å². The van der Waals surface area contributed by atoms with Crippen molar-refractivity contribution in [2.24, 2.45) is 0 Å². The van der Waals surface area contributed by atoms with Crippen LogP contribution in [0.15, 0.2) is 36.7 Å². The highest BCUT2D eigenvalue weighted by molar-refractivity contribution is 6.35. The molecule has 9 nitrogen and oxygen atoms in total. The lowest BCUT2D eigenvalue weighted by Gasteiger charge is -2.08. The van der Waals surface area contributed by atoms with E-state index in [1.54, 1.807) is 41.3 Å². The van der Waals surface area contributed by atoms with Gasteiger partial charge in [-0.25, -0.2) is 4.68 Å². The summed E-state index contributed by atoms with van der Waals surface area (Å²) in [6, 6.07) is 6.43. The van der Waals surface area contributed by atoms with Crippen LogP contribution in [-0.2, 0) is 13.3 Å². The molecule has 0 aliphatic carbocycles. The summed E-state index contributed by atoms with van der Waals surface area (Å²) >= 11 is 12.0. The molecule has 0 spiro atoms. The molecule has 164 valence electrons. The van der Waals surface area contributed by atoms with Crippen LogP contribution in [0.3, 0.4) is 0 Å². The Morgan fingerprint density at radius 3 is 2.61 bits per heavy atom. The van der Waals surface area contributed by atoms with Crippen molar-refractivity contribution in [3.63, 3.8) is 0 Å². The van der Waals surface area contributed by atoms with Crippen LogP contribution < -0.4 is 15.4 Å². The first-order valence-corrected chi connectivity index (χ1v) is 10.4. The molecule has 2 heterocycles. The molecule has 0 aliphatic rings. The van der Waals surface area contributed by atoms with E-state index in [0.29, 0.717) is 34.6 Å². The topological polar surface area (TPSA) is 103 Å². The zero-order chi connectivity index (χ0) is 22.4. The van der Waals surface area contributed by atoms with E-state index in [0.717, 1.165) is 6.42 Å². The second-order valence-electron chi connectivity index (χ2n) is 6.55. The smallest absolute Gasteiger partial charge is 0.276 e. The Morgan fingerprint density at radius 2 is 1.90 bits per heavy atom. The zero-order valence-corrected chi connectivity index (χ0v) is 18.6. The molecule has 0 fully saturated rings. The number of hydrogen-bond donors (Lipinski definition) is 2. The van der Waals surface area contributed by atoms with Gasteiger partial charge in [-0.2, -0.15) is 10.2 Å². The standard InChI is InChI=1S/C20H22Cl2N6O3/c1-3-8-23-20(30)18-16(11-27(4-2)26-18)24-19(29)15-7-9-28(25-15)12-31-17-6-5-13(21)10-14(17)22/h5-7,9-11H,3-4,8,12H2,1-2H3,(H,23,30)(H,24,29). The Hall–Kier alpha value is -3.04. The third kappa shape index (κ3) is 5.77. The van der Waals surface area contributed by atoms with Gasteiger partial charge in [0.25, 0.3) is 11.8 Å². The molecule has 0 aliphatic heterocycles. The number of halogens is 2. The number of carbonyl (C=O) groups is 2. The second kappa shape index (κ2) is 10.3. The van der Waals surface area contributed by atoms with Gasteiger partial charge in [-0.1, -0.05) is 30.1 Å². The second-order valence-corrected chi connectivity index (χ2v) is 7.39. The molecule has 2 N–H and O–H groups in total. The molecule has 1 aromatic carbocycles. The molecular weight excluding hydrogens is 443 g/mol. The summed E-state index contributed by atoms with van der Waals surface area (Å²) in [5.41, 5.74) is 0.637. The lowest BCUT2D eigenvalue weighted by molar-refractivity contribution is 0.0948. The van der Waals surface area contributed by atoms with Crippen LogP contribution in [0.4, 0.5) is 5.69 Å². The molecule has 0 radical (unpaired) electrons. The van der Waals surface area contributed by atoms with Crippen molar-refractivity contribution in [1.29, 1.82) is 0 Å². The molecule has 3 rings (SSSR count). The Balaban J connectivity index is 1.67. The molecule has 0 bridgehead atoms. The predicted octanol–water partition coefficient (Wildman–Crippen LogP) is 3.83. The Morgan fingerprint density at radius 1 is 1.10 bits per heavy atom. The largest absolute Gasteiger partial charge is 0.470 e. The van der Waals surface area contributed by atoms with E-state index < -0.39 is 5.91 Å². The number of rotatable bonds is 9. The summed E-state index contributed by atoms with van der Waals surface area (Å²) in [4.78, 5) is 25.0. The number of nitrogens with zero attached hydrogens (tertiary/aromatic N) is 4. The zero-order valence-electron chi connectivity index (χ0n) is 17.1. The quantitative estimate of drug-likeness (QED) is 0.500. The van der Waals surface area contributed by atoms with E-state index >= 15 is 0 Å². The molecule has 0 atom stereocenters. The molecule has 3 aromatic rings. The Labute approximate surface area is 189 Å². The highest BCUT2D eigenvalue weighted by Gasteiger charge is 2.20. The Kier molecular flexibility index (Phi) is 7.54. The summed E-state index contributed by atoms with van der Waals surface area (Å²) in [6.07, 6.45) is 4.01. The molecule has 31 heavy (non-hydrogen) atoms. The van der Waals surface area contributed by atoms with Crippen LogP contribution in [0.25, 0.3) is 0 Å². The van der Waals surface area contributed by atoms with E-state index in [1.807, 2.05) is 13.8 Å². The minimum Gasteiger partial charge on any atom is -0.470 e. The van der Waals surface area contributed by atoms with Gasteiger partial charge in [0, 0.05) is 30.5 Å². The van der Waals surface area contributed by atoms with Crippen molar-refractivity contribution in [3.05, 3.63) is 58.1 Å². The van der Waals surface area contributed by atoms with Gasteiger partial charge in [-0.15, -0.1) is 0 Å².